The topological polar surface area (TPSA) is 108 Å². The number of carbonyl (C=O) groups is 1. The van der Waals surface area contributed by atoms with Gasteiger partial charge >= 0.3 is 0 Å². The summed E-state index contributed by atoms with van der Waals surface area (Å²) in [4.78, 5) is 15.6. The number of nitrogens with zero attached hydrogens (tertiary/aromatic N) is 4. The third-order valence-electron chi connectivity index (χ3n) is 4.18. The number of likely N-dealkylation sites (N-methyl/N-ethyl adjacent to an activating group) is 1. The quantitative estimate of drug-likeness (QED) is 0.633. The minimum atomic E-state index is -3.75. The number of amides is 1. The van der Waals surface area contributed by atoms with Gasteiger partial charge in [0.25, 0.3) is 10.0 Å². The summed E-state index contributed by atoms with van der Waals surface area (Å²) in [6, 6.07) is 0.117. The Labute approximate surface area is 152 Å². The fourth-order valence-electron chi connectivity index (χ4n) is 2.72. The summed E-state index contributed by atoms with van der Waals surface area (Å²) in [6.45, 7) is 9.64. The van der Waals surface area contributed by atoms with Gasteiger partial charge < -0.3 is 10.2 Å². The highest BCUT2D eigenvalue weighted by Crippen LogP contribution is 2.20. The highest BCUT2D eigenvalue weighted by molar-refractivity contribution is 7.91. The monoisotopic (exact) mass is 390 g/mol. The van der Waals surface area contributed by atoms with Crippen molar-refractivity contribution in [3.05, 3.63) is 0 Å². The summed E-state index contributed by atoms with van der Waals surface area (Å²) in [5.74, 6) is -0.00142. The van der Waals surface area contributed by atoms with Crippen LogP contribution in [0.1, 0.15) is 20.8 Å². The van der Waals surface area contributed by atoms with Crippen LogP contribution in [0.3, 0.4) is 0 Å². The first-order valence-electron chi connectivity index (χ1n) is 8.22. The molecule has 142 valence electrons. The summed E-state index contributed by atoms with van der Waals surface area (Å²) < 4.78 is 27.4. The lowest BCUT2D eigenvalue weighted by atomic mass is 10.0. The fraction of sp³-hybridized carbons (Fsp3) is 0.786. The number of piperazine rings is 1. The van der Waals surface area contributed by atoms with E-state index in [1.807, 2.05) is 0 Å². The minimum absolute atomic E-state index is 0.117. The molecule has 1 aromatic rings. The van der Waals surface area contributed by atoms with Gasteiger partial charge in [-0.25, -0.2) is 13.1 Å². The Morgan fingerprint density at radius 1 is 1.24 bits per heavy atom. The molecule has 0 saturated carbocycles. The molecule has 2 N–H and O–H groups in total. The van der Waals surface area contributed by atoms with E-state index in [0.717, 1.165) is 37.5 Å². The molecule has 1 unspecified atom stereocenters. The molecule has 2 heterocycles. The van der Waals surface area contributed by atoms with Crippen molar-refractivity contribution in [1.82, 2.24) is 24.7 Å². The fourth-order valence-corrected chi connectivity index (χ4v) is 4.75. The second-order valence-electron chi connectivity index (χ2n) is 6.56. The first-order chi connectivity index (χ1) is 11.7. The highest BCUT2D eigenvalue weighted by atomic mass is 32.2. The highest BCUT2D eigenvalue weighted by Gasteiger charge is 2.28. The maximum atomic E-state index is 12.5. The Morgan fingerprint density at radius 2 is 1.88 bits per heavy atom. The summed E-state index contributed by atoms with van der Waals surface area (Å²) in [5.41, 5.74) is 0. The Hall–Kier alpha value is -1.14. The Balaban J connectivity index is 2.00. The molecule has 0 spiro atoms. The Bertz CT molecular complexity index is 682. The maximum absolute atomic E-state index is 12.5. The average Bonchev–Trinajstić information content (AvgIpc) is 2.97. The van der Waals surface area contributed by atoms with Crippen molar-refractivity contribution in [3.63, 3.8) is 0 Å². The predicted molar refractivity (Wildman–Crippen MR) is 97.1 cm³/mol. The van der Waals surface area contributed by atoms with Crippen molar-refractivity contribution in [3.8, 4) is 0 Å². The normalized spacial score (nSPS) is 18.4. The molecule has 2 rings (SSSR count). The average molecular weight is 391 g/mol. The molecular formula is C14H26N6O3S2. The second kappa shape index (κ2) is 8.49. The zero-order valence-corrected chi connectivity index (χ0v) is 16.7. The van der Waals surface area contributed by atoms with Gasteiger partial charge in [-0.1, -0.05) is 25.2 Å². The van der Waals surface area contributed by atoms with Crippen LogP contribution in [-0.2, 0) is 14.8 Å². The molecule has 0 radical (unpaired) electrons. The maximum Gasteiger partial charge on any atom is 0.269 e. The van der Waals surface area contributed by atoms with Crippen LogP contribution < -0.4 is 10.0 Å². The molecule has 1 aromatic heterocycles. The number of rotatable bonds is 7. The number of carbonyl (C=O) groups excluding carboxylic acids is 1. The van der Waals surface area contributed by atoms with Crippen LogP contribution >= 0.6 is 11.3 Å². The lowest BCUT2D eigenvalue weighted by molar-refractivity contribution is -0.114. The summed E-state index contributed by atoms with van der Waals surface area (Å²) in [6.07, 6.45) is 0. The van der Waals surface area contributed by atoms with E-state index in [0.29, 0.717) is 12.5 Å². The lowest BCUT2D eigenvalue weighted by Gasteiger charge is -2.39. The molecule has 1 aliphatic rings. The predicted octanol–water partition coefficient (Wildman–Crippen LogP) is 0.0468. The number of nitrogens with one attached hydrogen (secondary N) is 2. The summed E-state index contributed by atoms with van der Waals surface area (Å²) >= 11 is 0.839. The number of hydrogen-bond donors (Lipinski definition) is 2. The molecule has 1 saturated heterocycles. The van der Waals surface area contributed by atoms with Gasteiger partial charge in [0.15, 0.2) is 0 Å². The summed E-state index contributed by atoms with van der Waals surface area (Å²) in [5, 5.41) is 9.96. The zero-order valence-electron chi connectivity index (χ0n) is 15.0. The van der Waals surface area contributed by atoms with Crippen molar-refractivity contribution in [2.75, 3.05) is 45.1 Å². The second-order valence-corrected chi connectivity index (χ2v) is 9.48. The summed E-state index contributed by atoms with van der Waals surface area (Å²) in [7, 11) is -1.66. The number of sulfonamides is 1. The van der Waals surface area contributed by atoms with Crippen LogP contribution in [0.5, 0.6) is 0 Å². The molecule has 9 nitrogen and oxygen atoms in total. The first-order valence-corrected chi connectivity index (χ1v) is 10.5. The van der Waals surface area contributed by atoms with E-state index in [4.69, 9.17) is 0 Å². The van der Waals surface area contributed by atoms with Crippen LogP contribution in [0.15, 0.2) is 4.34 Å². The Kier molecular flexibility index (Phi) is 6.86. The zero-order chi connectivity index (χ0) is 18.6. The Morgan fingerprint density at radius 3 is 2.44 bits per heavy atom. The van der Waals surface area contributed by atoms with Gasteiger partial charge in [-0.05, 0) is 13.0 Å². The number of hydrogen-bond acceptors (Lipinski definition) is 8. The van der Waals surface area contributed by atoms with Gasteiger partial charge in [-0.15, -0.1) is 10.2 Å². The van der Waals surface area contributed by atoms with Gasteiger partial charge in [-0.2, -0.15) is 0 Å². The van der Waals surface area contributed by atoms with Crippen molar-refractivity contribution in [2.45, 2.75) is 31.2 Å². The van der Waals surface area contributed by atoms with E-state index >= 15 is 0 Å². The van der Waals surface area contributed by atoms with Gasteiger partial charge in [0.1, 0.15) is 0 Å². The van der Waals surface area contributed by atoms with E-state index in [1.54, 1.807) is 0 Å². The van der Waals surface area contributed by atoms with Gasteiger partial charge in [0, 0.05) is 45.7 Å². The van der Waals surface area contributed by atoms with Gasteiger partial charge in [0.05, 0.1) is 0 Å². The van der Waals surface area contributed by atoms with Gasteiger partial charge in [-0.3, -0.25) is 9.69 Å². The van der Waals surface area contributed by atoms with E-state index in [9.17, 15) is 13.2 Å². The molecule has 0 aliphatic carbocycles. The molecule has 11 heteroatoms. The van der Waals surface area contributed by atoms with E-state index in [2.05, 4.69) is 50.9 Å². The van der Waals surface area contributed by atoms with E-state index in [-0.39, 0.29) is 21.4 Å². The van der Waals surface area contributed by atoms with Crippen LogP contribution in [0, 0.1) is 5.92 Å². The lowest BCUT2D eigenvalue weighted by Crippen LogP contribution is -2.54. The molecule has 1 amide bonds. The molecule has 0 bridgehead atoms. The minimum Gasteiger partial charge on any atom is -0.304 e. The van der Waals surface area contributed by atoms with Crippen LogP contribution in [0.4, 0.5) is 5.13 Å². The number of aromatic nitrogens is 2. The van der Waals surface area contributed by atoms with E-state index in [1.165, 1.54) is 6.92 Å². The molecular weight excluding hydrogens is 364 g/mol. The van der Waals surface area contributed by atoms with Crippen LogP contribution in [-0.4, -0.2) is 80.1 Å². The van der Waals surface area contributed by atoms with Crippen molar-refractivity contribution in [1.29, 1.82) is 0 Å². The number of anilines is 1. The molecule has 1 aliphatic heterocycles. The van der Waals surface area contributed by atoms with Crippen molar-refractivity contribution >= 4 is 32.4 Å². The largest absolute Gasteiger partial charge is 0.304 e. The SMILES string of the molecule is CC(=O)Nc1nnc(S(=O)(=O)NCC(C(C)C)N2CCN(C)CC2)s1. The van der Waals surface area contributed by atoms with Crippen LogP contribution in [0.2, 0.25) is 0 Å². The van der Waals surface area contributed by atoms with Crippen LogP contribution in [0.25, 0.3) is 0 Å². The third-order valence-corrected chi connectivity index (χ3v) is 6.81. The first kappa shape index (κ1) is 20.2. The molecule has 0 aromatic carbocycles. The van der Waals surface area contributed by atoms with Gasteiger partial charge in [0.2, 0.25) is 15.4 Å². The smallest absolute Gasteiger partial charge is 0.269 e. The standard InChI is InChI=1S/C14H26N6O3S2/c1-10(2)12(20-7-5-19(4)6-8-20)9-15-25(22,23)14-18-17-13(24-14)16-11(3)21/h10,12,15H,5-9H2,1-4H3,(H,16,17,21). The molecule has 1 fully saturated rings. The van der Waals surface area contributed by atoms with Crippen molar-refractivity contribution < 1.29 is 13.2 Å². The molecule has 25 heavy (non-hydrogen) atoms. The third kappa shape index (κ3) is 5.68. The van der Waals surface area contributed by atoms with Crippen molar-refractivity contribution in [2.24, 2.45) is 5.92 Å². The molecule has 1 atom stereocenters. The van der Waals surface area contributed by atoms with E-state index < -0.39 is 10.0 Å².